The van der Waals surface area contributed by atoms with Crippen LogP contribution in [-0.4, -0.2) is 29.8 Å². The topological polar surface area (TPSA) is 49.4 Å². The second-order valence-corrected chi connectivity index (χ2v) is 5.85. The van der Waals surface area contributed by atoms with E-state index in [2.05, 4.69) is 5.32 Å². The molecule has 0 saturated carbocycles. The molecule has 0 radical (unpaired) electrons. The molecule has 0 aliphatic carbocycles. The third kappa shape index (κ3) is 5.14. The molecule has 1 atom stereocenters. The first-order valence-electron chi connectivity index (χ1n) is 8.34. The zero-order valence-corrected chi connectivity index (χ0v) is 14.5. The Morgan fingerprint density at radius 3 is 2.24 bits per heavy atom. The fourth-order valence-electron chi connectivity index (χ4n) is 2.74. The summed E-state index contributed by atoms with van der Waals surface area (Å²) < 4.78 is 13.1. The van der Waals surface area contributed by atoms with E-state index in [4.69, 9.17) is 0 Å². The molecule has 0 aliphatic heterocycles. The van der Waals surface area contributed by atoms with Gasteiger partial charge in [0.1, 0.15) is 11.9 Å². The fourth-order valence-corrected chi connectivity index (χ4v) is 2.74. The highest BCUT2D eigenvalue weighted by Crippen LogP contribution is 2.15. The lowest BCUT2D eigenvalue weighted by Gasteiger charge is -2.30. The molecular formula is C20H23FN2O2. The summed E-state index contributed by atoms with van der Waals surface area (Å²) >= 11 is 0. The zero-order chi connectivity index (χ0) is 18.2. The summed E-state index contributed by atoms with van der Waals surface area (Å²) in [7, 11) is 1.56. The molecule has 0 aliphatic rings. The van der Waals surface area contributed by atoms with Crippen LogP contribution in [0.2, 0.25) is 0 Å². The average Bonchev–Trinajstić information content (AvgIpc) is 2.63. The molecule has 4 nitrogen and oxygen atoms in total. The van der Waals surface area contributed by atoms with E-state index in [0.29, 0.717) is 6.42 Å². The van der Waals surface area contributed by atoms with E-state index in [0.717, 1.165) is 11.1 Å². The van der Waals surface area contributed by atoms with Gasteiger partial charge in [-0.1, -0.05) is 49.4 Å². The van der Waals surface area contributed by atoms with Gasteiger partial charge in [0.25, 0.3) is 0 Å². The Kier molecular flexibility index (Phi) is 6.69. The van der Waals surface area contributed by atoms with Crippen LogP contribution in [0.3, 0.4) is 0 Å². The maximum Gasteiger partial charge on any atom is 0.242 e. The minimum atomic E-state index is -0.564. The van der Waals surface area contributed by atoms with Gasteiger partial charge in [0.15, 0.2) is 0 Å². The Labute approximate surface area is 147 Å². The predicted molar refractivity (Wildman–Crippen MR) is 95.2 cm³/mol. The van der Waals surface area contributed by atoms with Crippen LogP contribution in [0.1, 0.15) is 24.5 Å². The van der Waals surface area contributed by atoms with Crippen molar-refractivity contribution in [2.45, 2.75) is 32.4 Å². The van der Waals surface area contributed by atoms with Gasteiger partial charge in [-0.15, -0.1) is 0 Å². The van der Waals surface area contributed by atoms with Gasteiger partial charge in [-0.3, -0.25) is 9.59 Å². The highest BCUT2D eigenvalue weighted by molar-refractivity contribution is 5.88. The number of carbonyl (C=O) groups is 2. The van der Waals surface area contributed by atoms with Crippen molar-refractivity contribution >= 4 is 11.8 Å². The quantitative estimate of drug-likeness (QED) is 0.841. The molecule has 2 rings (SSSR count). The Morgan fingerprint density at radius 1 is 1.04 bits per heavy atom. The summed E-state index contributed by atoms with van der Waals surface area (Å²) in [5, 5.41) is 2.62. The van der Waals surface area contributed by atoms with Crippen LogP contribution in [0, 0.1) is 5.82 Å². The van der Waals surface area contributed by atoms with Crippen LogP contribution in [0.15, 0.2) is 54.6 Å². The Hall–Kier alpha value is -2.69. The number of amides is 2. The normalized spacial score (nSPS) is 11.6. The smallest absolute Gasteiger partial charge is 0.242 e. The van der Waals surface area contributed by atoms with Crippen molar-refractivity contribution in [1.82, 2.24) is 10.2 Å². The molecular weight excluding hydrogens is 319 g/mol. The largest absolute Gasteiger partial charge is 0.357 e. The van der Waals surface area contributed by atoms with E-state index < -0.39 is 6.04 Å². The van der Waals surface area contributed by atoms with E-state index in [1.165, 1.54) is 12.1 Å². The third-order valence-electron chi connectivity index (χ3n) is 4.10. The number of benzene rings is 2. The molecule has 0 aromatic heterocycles. The van der Waals surface area contributed by atoms with Gasteiger partial charge in [-0.2, -0.15) is 0 Å². The molecule has 2 aromatic rings. The summed E-state index contributed by atoms with van der Waals surface area (Å²) in [4.78, 5) is 26.7. The highest BCUT2D eigenvalue weighted by Gasteiger charge is 2.27. The maximum absolute atomic E-state index is 13.1. The van der Waals surface area contributed by atoms with Crippen LogP contribution in [0.4, 0.5) is 4.39 Å². The lowest BCUT2D eigenvalue weighted by atomic mass is 10.1. The number of rotatable bonds is 7. The van der Waals surface area contributed by atoms with Gasteiger partial charge in [0, 0.05) is 13.6 Å². The minimum absolute atomic E-state index is 0.133. The molecule has 132 valence electrons. The van der Waals surface area contributed by atoms with Crippen molar-refractivity contribution in [2.75, 3.05) is 7.05 Å². The van der Waals surface area contributed by atoms with Gasteiger partial charge in [0.05, 0.1) is 6.42 Å². The van der Waals surface area contributed by atoms with E-state index >= 15 is 0 Å². The van der Waals surface area contributed by atoms with Crippen molar-refractivity contribution in [3.8, 4) is 0 Å². The van der Waals surface area contributed by atoms with Gasteiger partial charge in [-0.25, -0.2) is 4.39 Å². The second-order valence-electron chi connectivity index (χ2n) is 5.85. The van der Waals surface area contributed by atoms with Crippen molar-refractivity contribution < 1.29 is 14.0 Å². The Bertz CT molecular complexity index is 701. The number of halogens is 1. The summed E-state index contributed by atoms with van der Waals surface area (Å²) in [6.07, 6.45) is 0.719. The summed E-state index contributed by atoms with van der Waals surface area (Å²) in [6.45, 7) is 2.13. The van der Waals surface area contributed by atoms with Gasteiger partial charge >= 0.3 is 0 Å². The number of likely N-dealkylation sites (N-methyl/N-ethyl adjacent to an activating group) is 1. The number of carbonyl (C=O) groups excluding carboxylic acids is 2. The van der Waals surface area contributed by atoms with Crippen LogP contribution in [0.25, 0.3) is 0 Å². The zero-order valence-electron chi connectivity index (χ0n) is 14.5. The highest BCUT2D eigenvalue weighted by atomic mass is 19.1. The molecule has 0 saturated heterocycles. The lowest BCUT2D eigenvalue weighted by Crippen LogP contribution is -2.48. The first kappa shape index (κ1) is 18.6. The van der Waals surface area contributed by atoms with E-state index in [1.54, 1.807) is 24.1 Å². The number of nitrogens with zero attached hydrogens (tertiary/aromatic N) is 1. The minimum Gasteiger partial charge on any atom is -0.357 e. The molecule has 0 bridgehead atoms. The fraction of sp³-hybridized carbons (Fsp3) is 0.300. The van der Waals surface area contributed by atoms with Crippen LogP contribution in [-0.2, 0) is 22.6 Å². The van der Waals surface area contributed by atoms with Crippen LogP contribution in [0.5, 0.6) is 0 Å². The lowest BCUT2D eigenvalue weighted by molar-refractivity contribution is -0.140. The van der Waals surface area contributed by atoms with Crippen LogP contribution >= 0.6 is 0 Å². The number of hydrogen-bond donors (Lipinski definition) is 1. The van der Waals surface area contributed by atoms with Gasteiger partial charge < -0.3 is 10.2 Å². The van der Waals surface area contributed by atoms with Crippen molar-refractivity contribution in [1.29, 1.82) is 0 Å². The van der Waals surface area contributed by atoms with Gasteiger partial charge in [-0.05, 0) is 29.7 Å². The molecule has 1 N–H and O–H groups in total. The van der Waals surface area contributed by atoms with Crippen molar-refractivity contribution in [2.24, 2.45) is 0 Å². The molecule has 0 heterocycles. The molecule has 5 heteroatoms. The van der Waals surface area contributed by atoms with Crippen molar-refractivity contribution in [3.63, 3.8) is 0 Å². The van der Waals surface area contributed by atoms with E-state index in [-0.39, 0.29) is 30.6 Å². The number of hydrogen-bond acceptors (Lipinski definition) is 2. The summed E-state index contributed by atoms with van der Waals surface area (Å²) in [5.41, 5.74) is 1.67. The molecule has 2 aromatic carbocycles. The Balaban J connectivity index is 2.25. The number of nitrogens with one attached hydrogen (secondary N) is 1. The van der Waals surface area contributed by atoms with E-state index in [9.17, 15) is 14.0 Å². The van der Waals surface area contributed by atoms with Crippen LogP contribution < -0.4 is 5.32 Å². The molecule has 0 fully saturated rings. The summed E-state index contributed by atoms with van der Waals surface area (Å²) in [5.74, 6) is -0.666. The predicted octanol–water partition coefficient (Wildman–Crippen LogP) is 2.92. The third-order valence-corrected chi connectivity index (χ3v) is 4.10. The SMILES string of the molecule is CC[C@H](C(=O)NC)N(Cc1ccc(F)cc1)C(=O)Cc1ccccc1. The maximum atomic E-state index is 13.1. The second kappa shape index (κ2) is 8.97. The van der Waals surface area contributed by atoms with Gasteiger partial charge in [0.2, 0.25) is 11.8 Å². The average molecular weight is 342 g/mol. The molecule has 0 spiro atoms. The molecule has 25 heavy (non-hydrogen) atoms. The first-order valence-corrected chi connectivity index (χ1v) is 8.34. The Morgan fingerprint density at radius 2 is 1.68 bits per heavy atom. The summed E-state index contributed by atoms with van der Waals surface area (Å²) in [6, 6.07) is 14.8. The first-order chi connectivity index (χ1) is 12.0. The monoisotopic (exact) mass is 342 g/mol. The standard InChI is InChI=1S/C20H23FN2O2/c1-3-18(20(25)22-2)23(14-16-9-11-17(21)12-10-16)19(24)13-15-7-5-4-6-8-15/h4-12,18H,3,13-14H2,1-2H3,(H,22,25)/t18-/m1/s1. The van der Waals surface area contributed by atoms with Crippen molar-refractivity contribution in [3.05, 3.63) is 71.5 Å². The van der Waals surface area contributed by atoms with E-state index in [1.807, 2.05) is 37.3 Å². The molecule has 0 unspecified atom stereocenters. The molecule has 2 amide bonds.